The average molecular weight is 359 g/mol. The molecule has 1 amide bonds. The van der Waals surface area contributed by atoms with Gasteiger partial charge in [0.15, 0.2) is 0 Å². The van der Waals surface area contributed by atoms with Gasteiger partial charge in [0, 0.05) is 12.1 Å². The number of amides is 1. The van der Waals surface area contributed by atoms with E-state index in [9.17, 15) is 19.7 Å². The lowest BCUT2D eigenvalue weighted by atomic mass is 10.0. The van der Waals surface area contributed by atoms with Crippen LogP contribution < -0.4 is 5.32 Å². The summed E-state index contributed by atoms with van der Waals surface area (Å²) in [6.45, 7) is 3.58. The van der Waals surface area contributed by atoms with E-state index in [-0.39, 0.29) is 28.1 Å². The zero-order chi connectivity index (χ0) is 16.2. The Morgan fingerprint density at radius 1 is 1.43 bits per heavy atom. The van der Waals surface area contributed by atoms with Crippen LogP contribution in [0.3, 0.4) is 0 Å². The fourth-order valence-corrected chi connectivity index (χ4v) is 2.31. The van der Waals surface area contributed by atoms with Gasteiger partial charge in [0.1, 0.15) is 4.47 Å². The molecule has 1 aromatic rings. The van der Waals surface area contributed by atoms with Gasteiger partial charge in [-0.1, -0.05) is 19.9 Å². The van der Waals surface area contributed by atoms with Gasteiger partial charge in [0.05, 0.1) is 16.9 Å². The van der Waals surface area contributed by atoms with E-state index in [0.717, 1.165) is 0 Å². The van der Waals surface area contributed by atoms with E-state index in [1.165, 1.54) is 18.2 Å². The Labute approximate surface area is 129 Å². The molecule has 0 saturated carbocycles. The van der Waals surface area contributed by atoms with Crippen molar-refractivity contribution in [3.05, 3.63) is 38.3 Å². The van der Waals surface area contributed by atoms with Gasteiger partial charge in [-0.05, 0) is 27.9 Å². The van der Waals surface area contributed by atoms with Crippen LogP contribution >= 0.6 is 15.9 Å². The third kappa shape index (κ3) is 4.52. The fourth-order valence-electron chi connectivity index (χ4n) is 1.72. The lowest BCUT2D eigenvalue weighted by Crippen LogP contribution is -2.40. The Bertz CT molecular complexity index is 574. The lowest BCUT2D eigenvalue weighted by molar-refractivity contribution is -0.385. The van der Waals surface area contributed by atoms with Crippen molar-refractivity contribution in [2.45, 2.75) is 26.3 Å². The van der Waals surface area contributed by atoms with Crippen molar-refractivity contribution in [2.75, 3.05) is 0 Å². The van der Waals surface area contributed by atoms with E-state index in [0.29, 0.717) is 0 Å². The Hall–Kier alpha value is -1.96. The van der Waals surface area contributed by atoms with Crippen LogP contribution in [0.25, 0.3) is 0 Å². The molecule has 0 fully saturated rings. The highest BCUT2D eigenvalue weighted by Crippen LogP contribution is 2.28. The number of aliphatic carboxylic acids is 1. The van der Waals surface area contributed by atoms with Gasteiger partial charge < -0.3 is 10.4 Å². The highest BCUT2D eigenvalue weighted by molar-refractivity contribution is 9.10. The number of carbonyl (C=O) groups is 2. The molecule has 0 aliphatic carbocycles. The van der Waals surface area contributed by atoms with Gasteiger partial charge in [-0.3, -0.25) is 19.7 Å². The second-order valence-corrected chi connectivity index (χ2v) is 5.61. The first-order chi connectivity index (χ1) is 9.73. The van der Waals surface area contributed by atoms with Crippen molar-refractivity contribution in [1.82, 2.24) is 5.32 Å². The predicted octanol–water partition coefficient (Wildman–Crippen LogP) is 2.59. The van der Waals surface area contributed by atoms with Crippen molar-refractivity contribution in [3.63, 3.8) is 0 Å². The first kappa shape index (κ1) is 17.1. The zero-order valence-corrected chi connectivity index (χ0v) is 13.1. The maximum Gasteiger partial charge on any atom is 0.305 e. The maximum absolute atomic E-state index is 12.2. The molecule has 0 heterocycles. The monoisotopic (exact) mass is 358 g/mol. The van der Waals surface area contributed by atoms with Crippen LogP contribution in [-0.2, 0) is 4.79 Å². The lowest BCUT2D eigenvalue weighted by Gasteiger charge is -2.20. The molecule has 7 nitrogen and oxygen atoms in total. The SMILES string of the molecule is CC(C)C(CC(=O)O)NC(=O)c1cccc([N+](=O)[O-])c1Br. The first-order valence-electron chi connectivity index (χ1n) is 6.19. The third-order valence-corrected chi connectivity index (χ3v) is 3.77. The Morgan fingerprint density at radius 2 is 2.05 bits per heavy atom. The molecule has 0 aromatic heterocycles. The van der Waals surface area contributed by atoms with Gasteiger partial charge in [0.25, 0.3) is 11.6 Å². The van der Waals surface area contributed by atoms with Gasteiger partial charge in [0.2, 0.25) is 0 Å². The second kappa shape index (κ2) is 7.16. The van der Waals surface area contributed by atoms with Gasteiger partial charge >= 0.3 is 5.97 Å². The molecule has 0 aliphatic heterocycles. The summed E-state index contributed by atoms with van der Waals surface area (Å²) in [6.07, 6.45) is -0.212. The number of halogens is 1. The van der Waals surface area contributed by atoms with Crippen LogP contribution in [0.15, 0.2) is 22.7 Å². The number of nitro groups is 1. The van der Waals surface area contributed by atoms with Crippen LogP contribution in [0, 0.1) is 16.0 Å². The second-order valence-electron chi connectivity index (χ2n) is 4.82. The van der Waals surface area contributed by atoms with Crippen molar-refractivity contribution in [3.8, 4) is 0 Å². The number of nitro benzene ring substituents is 1. The molecule has 1 rings (SSSR count). The summed E-state index contributed by atoms with van der Waals surface area (Å²) in [5, 5.41) is 22.3. The van der Waals surface area contributed by atoms with Gasteiger partial charge in [-0.2, -0.15) is 0 Å². The molecule has 1 atom stereocenters. The Morgan fingerprint density at radius 3 is 2.52 bits per heavy atom. The summed E-state index contributed by atoms with van der Waals surface area (Å²) in [7, 11) is 0. The van der Waals surface area contributed by atoms with E-state index in [2.05, 4.69) is 21.2 Å². The maximum atomic E-state index is 12.2. The van der Waals surface area contributed by atoms with Crippen molar-refractivity contribution >= 4 is 33.5 Å². The van der Waals surface area contributed by atoms with E-state index < -0.39 is 22.8 Å². The number of benzene rings is 1. The molecule has 2 N–H and O–H groups in total. The quantitative estimate of drug-likeness (QED) is 0.599. The van der Waals surface area contributed by atoms with Crippen molar-refractivity contribution in [2.24, 2.45) is 5.92 Å². The molecule has 0 spiro atoms. The number of nitrogens with one attached hydrogen (secondary N) is 1. The molecule has 114 valence electrons. The molecule has 1 unspecified atom stereocenters. The minimum Gasteiger partial charge on any atom is -0.481 e. The minimum atomic E-state index is -1.02. The summed E-state index contributed by atoms with van der Waals surface area (Å²) in [4.78, 5) is 33.2. The van der Waals surface area contributed by atoms with Crippen molar-refractivity contribution < 1.29 is 19.6 Å². The van der Waals surface area contributed by atoms with Crippen molar-refractivity contribution in [1.29, 1.82) is 0 Å². The highest BCUT2D eigenvalue weighted by Gasteiger charge is 2.24. The summed E-state index contributed by atoms with van der Waals surface area (Å²) in [6, 6.07) is 3.56. The van der Waals surface area contributed by atoms with E-state index in [1.54, 1.807) is 13.8 Å². The highest BCUT2D eigenvalue weighted by atomic mass is 79.9. The smallest absolute Gasteiger partial charge is 0.305 e. The number of hydrogen-bond acceptors (Lipinski definition) is 4. The van der Waals surface area contributed by atoms with E-state index >= 15 is 0 Å². The molecule has 0 radical (unpaired) electrons. The molecular formula is C13H15BrN2O5. The van der Waals surface area contributed by atoms with Gasteiger partial charge in [-0.15, -0.1) is 0 Å². The number of rotatable bonds is 6. The number of carboxylic acid groups (broad SMARTS) is 1. The molecule has 8 heteroatoms. The number of carboxylic acids is 1. The normalized spacial score (nSPS) is 12.0. The molecular weight excluding hydrogens is 344 g/mol. The molecule has 0 saturated heterocycles. The number of hydrogen-bond donors (Lipinski definition) is 2. The third-order valence-electron chi connectivity index (χ3n) is 2.94. The van der Waals surface area contributed by atoms with E-state index in [4.69, 9.17) is 5.11 Å². The fraction of sp³-hybridized carbons (Fsp3) is 0.385. The standard InChI is InChI=1S/C13H15BrN2O5/c1-7(2)9(6-11(17)18)15-13(19)8-4-3-5-10(12(8)14)16(20)21/h3-5,7,9H,6H2,1-2H3,(H,15,19)(H,17,18). The van der Waals surface area contributed by atoms with Crippen LogP contribution in [-0.4, -0.2) is 27.9 Å². The molecule has 0 bridgehead atoms. The molecule has 1 aromatic carbocycles. The molecule has 0 aliphatic rings. The van der Waals surface area contributed by atoms with E-state index in [1.807, 2.05) is 0 Å². The van der Waals surface area contributed by atoms with Crippen LogP contribution in [0.4, 0.5) is 5.69 Å². The predicted molar refractivity (Wildman–Crippen MR) is 79.1 cm³/mol. The van der Waals surface area contributed by atoms with Crippen LogP contribution in [0.2, 0.25) is 0 Å². The number of nitrogens with zero attached hydrogens (tertiary/aromatic N) is 1. The Kier molecular flexibility index (Phi) is 5.83. The summed E-state index contributed by atoms with van der Waals surface area (Å²) >= 11 is 3.04. The van der Waals surface area contributed by atoms with Crippen LogP contribution in [0.1, 0.15) is 30.6 Å². The zero-order valence-electron chi connectivity index (χ0n) is 11.5. The Balaban J connectivity index is 3.00. The summed E-state index contributed by atoms with van der Waals surface area (Å²) in [5.41, 5.74) is -0.123. The average Bonchev–Trinajstić information content (AvgIpc) is 2.36. The molecule has 21 heavy (non-hydrogen) atoms. The summed E-state index contributed by atoms with van der Waals surface area (Å²) in [5.74, 6) is -1.65. The first-order valence-corrected chi connectivity index (χ1v) is 6.99. The summed E-state index contributed by atoms with van der Waals surface area (Å²) < 4.78 is 0.0744. The largest absolute Gasteiger partial charge is 0.481 e. The van der Waals surface area contributed by atoms with Gasteiger partial charge in [-0.25, -0.2) is 0 Å². The van der Waals surface area contributed by atoms with Crippen LogP contribution in [0.5, 0.6) is 0 Å². The minimum absolute atomic E-state index is 0.0744. The topological polar surface area (TPSA) is 110 Å². The number of carbonyl (C=O) groups excluding carboxylic acids is 1.